The van der Waals surface area contributed by atoms with E-state index in [0.717, 1.165) is 26.9 Å². The number of hydrogen-bond donors (Lipinski definition) is 4. The average Bonchev–Trinajstić information content (AvgIpc) is 3.10. The van der Waals surface area contributed by atoms with Crippen LogP contribution in [0.1, 0.15) is 36.0 Å². The van der Waals surface area contributed by atoms with E-state index in [4.69, 9.17) is 26.4 Å². The van der Waals surface area contributed by atoms with Crippen LogP contribution in [0.15, 0.2) is 24.5 Å². The van der Waals surface area contributed by atoms with Crippen LogP contribution in [0.2, 0.25) is 5.28 Å². The summed E-state index contributed by atoms with van der Waals surface area (Å²) in [5.74, 6) is 0.973. The molecular formula is C23H26ClN7O3S. The van der Waals surface area contributed by atoms with E-state index in [1.165, 1.54) is 11.3 Å². The molecule has 0 atom stereocenters. The molecule has 10 nitrogen and oxygen atoms in total. The molecule has 1 aliphatic rings. The maximum Gasteiger partial charge on any atom is 0.263 e. The second-order valence-electron chi connectivity index (χ2n) is 7.92. The zero-order chi connectivity index (χ0) is 24.9. The highest BCUT2D eigenvalue weighted by atomic mass is 35.5. The summed E-state index contributed by atoms with van der Waals surface area (Å²) in [6.45, 7) is 7.53. The Balaban J connectivity index is 0.000000672. The van der Waals surface area contributed by atoms with Gasteiger partial charge in [-0.1, -0.05) is 0 Å². The summed E-state index contributed by atoms with van der Waals surface area (Å²) in [6.07, 6.45) is 3.10. The summed E-state index contributed by atoms with van der Waals surface area (Å²) in [4.78, 5) is 30.7. The summed E-state index contributed by atoms with van der Waals surface area (Å²) < 4.78 is 6.47. The molecule has 1 amide bonds. The second-order valence-corrected chi connectivity index (χ2v) is 9.31. The summed E-state index contributed by atoms with van der Waals surface area (Å²) in [7, 11) is 0. The van der Waals surface area contributed by atoms with Crippen molar-refractivity contribution in [2.24, 2.45) is 0 Å². The number of carbonyl (C=O) groups is 1. The van der Waals surface area contributed by atoms with Gasteiger partial charge in [0.2, 0.25) is 5.28 Å². The van der Waals surface area contributed by atoms with Crippen molar-refractivity contribution in [1.82, 2.24) is 25.3 Å². The Kier molecular flexibility index (Phi) is 7.91. The fourth-order valence-electron chi connectivity index (χ4n) is 3.43. The average molecular weight is 516 g/mol. The predicted octanol–water partition coefficient (Wildman–Crippen LogP) is 4.11. The van der Waals surface area contributed by atoms with Gasteiger partial charge in [-0.15, -0.1) is 11.3 Å². The largest absolute Gasteiger partial charge is 0.394 e. The minimum atomic E-state index is -0.167. The van der Waals surface area contributed by atoms with Crippen molar-refractivity contribution >= 4 is 67.3 Å². The maximum absolute atomic E-state index is 12.4. The molecule has 0 aliphatic carbocycles. The van der Waals surface area contributed by atoms with Crippen LogP contribution in [0.25, 0.3) is 21.1 Å². The van der Waals surface area contributed by atoms with Gasteiger partial charge in [0, 0.05) is 47.6 Å². The standard InChI is InChI=1S/C20H18ClN7O2S.C3H8O/c1-2-30-9-10-7-25-20(21)28-18(10)27-13-8-24-15-11(26-13)3-4-12-14(15)16-17(31-12)19(29)23-6-5-22-16;1-3(2)4/h3-4,7-8,22H,2,5-6,9H2,1H3,(H,23,29)(H,25,26,27,28);3-4H,1-2H3. The van der Waals surface area contributed by atoms with Gasteiger partial charge in [-0.25, -0.2) is 19.9 Å². The number of rotatable bonds is 5. The number of carbonyl (C=O) groups excluding carboxylic acids is 1. The normalized spacial score (nSPS) is 13.0. The fourth-order valence-corrected chi connectivity index (χ4v) is 4.66. The lowest BCUT2D eigenvalue weighted by molar-refractivity contribution is 0.0962. The third kappa shape index (κ3) is 5.76. The highest BCUT2D eigenvalue weighted by Crippen LogP contribution is 2.40. The number of amides is 1. The topological polar surface area (TPSA) is 134 Å². The Hall–Kier alpha value is -3.12. The molecule has 1 aromatic carbocycles. The molecule has 35 heavy (non-hydrogen) atoms. The van der Waals surface area contributed by atoms with Crippen molar-refractivity contribution in [3.8, 4) is 0 Å². The zero-order valence-electron chi connectivity index (χ0n) is 19.6. The number of aliphatic hydroxyl groups excluding tert-OH is 1. The maximum atomic E-state index is 12.4. The van der Waals surface area contributed by atoms with Crippen LogP contribution in [-0.4, -0.2) is 56.7 Å². The third-order valence-corrected chi connectivity index (χ3v) is 6.16. The van der Waals surface area contributed by atoms with Crippen molar-refractivity contribution < 1.29 is 14.6 Å². The van der Waals surface area contributed by atoms with E-state index in [-0.39, 0.29) is 17.3 Å². The summed E-state index contributed by atoms with van der Waals surface area (Å²) in [5.41, 5.74) is 3.02. The molecule has 1 aliphatic heterocycles. The molecule has 0 fully saturated rings. The Morgan fingerprint density at radius 2 is 1.97 bits per heavy atom. The van der Waals surface area contributed by atoms with Crippen LogP contribution in [0, 0.1) is 0 Å². The highest BCUT2D eigenvalue weighted by molar-refractivity contribution is 7.21. The van der Waals surface area contributed by atoms with Gasteiger partial charge in [-0.3, -0.25) is 4.79 Å². The zero-order valence-corrected chi connectivity index (χ0v) is 21.1. The van der Waals surface area contributed by atoms with Crippen molar-refractivity contribution in [3.63, 3.8) is 0 Å². The summed E-state index contributed by atoms with van der Waals surface area (Å²) in [6, 6.07) is 3.87. The molecule has 12 heteroatoms. The van der Waals surface area contributed by atoms with Crippen LogP contribution in [0.5, 0.6) is 0 Å². The first-order valence-electron chi connectivity index (χ1n) is 11.2. The molecule has 4 heterocycles. The second kappa shape index (κ2) is 11.1. The van der Waals surface area contributed by atoms with Crippen LogP contribution in [0.3, 0.4) is 0 Å². The molecule has 0 radical (unpaired) electrons. The first-order valence-corrected chi connectivity index (χ1v) is 12.3. The number of nitrogens with zero attached hydrogens (tertiary/aromatic N) is 4. The van der Waals surface area contributed by atoms with Crippen molar-refractivity contribution in [3.05, 3.63) is 40.3 Å². The summed E-state index contributed by atoms with van der Waals surface area (Å²) in [5, 5.41) is 18.5. The predicted molar refractivity (Wildman–Crippen MR) is 139 cm³/mol. The Morgan fingerprint density at radius 3 is 2.74 bits per heavy atom. The van der Waals surface area contributed by atoms with Crippen molar-refractivity contribution in [2.75, 3.05) is 30.3 Å². The molecule has 184 valence electrons. The van der Waals surface area contributed by atoms with E-state index in [1.54, 1.807) is 26.2 Å². The molecule has 0 spiro atoms. The number of fused-ring (bicyclic) bond motifs is 5. The number of halogens is 1. The molecule has 4 aromatic rings. The van der Waals surface area contributed by atoms with Crippen LogP contribution in [-0.2, 0) is 11.3 Å². The number of nitrogens with one attached hydrogen (secondary N) is 3. The lowest BCUT2D eigenvalue weighted by atomic mass is 10.1. The van der Waals surface area contributed by atoms with Gasteiger partial charge in [0.1, 0.15) is 10.7 Å². The Morgan fingerprint density at radius 1 is 1.20 bits per heavy atom. The van der Waals surface area contributed by atoms with Crippen LogP contribution in [0.4, 0.5) is 17.3 Å². The van der Waals surface area contributed by atoms with Gasteiger partial charge in [0.15, 0.2) is 5.82 Å². The first kappa shape index (κ1) is 25.0. The molecule has 0 bridgehead atoms. The minimum Gasteiger partial charge on any atom is -0.394 e. The van der Waals surface area contributed by atoms with E-state index >= 15 is 0 Å². The third-order valence-electron chi connectivity index (χ3n) is 4.83. The molecule has 0 unspecified atom stereocenters. The highest BCUT2D eigenvalue weighted by Gasteiger charge is 2.23. The van der Waals surface area contributed by atoms with E-state index in [9.17, 15) is 4.79 Å². The Labute approximate surface area is 211 Å². The number of benzene rings is 1. The van der Waals surface area contributed by atoms with Gasteiger partial charge in [0.25, 0.3) is 5.91 Å². The smallest absolute Gasteiger partial charge is 0.263 e. The molecule has 4 N–H and O–H groups in total. The molecule has 3 aromatic heterocycles. The number of thiophene rings is 1. The number of hydrogen-bond acceptors (Lipinski definition) is 10. The van der Waals surface area contributed by atoms with Gasteiger partial charge in [-0.2, -0.15) is 0 Å². The van der Waals surface area contributed by atoms with Gasteiger partial charge in [-0.05, 0) is 44.5 Å². The molecule has 0 saturated carbocycles. The fraction of sp³-hybridized carbons (Fsp3) is 0.348. The van der Waals surface area contributed by atoms with Crippen LogP contribution >= 0.6 is 22.9 Å². The first-order chi connectivity index (χ1) is 16.9. The molecular weight excluding hydrogens is 490 g/mol. The lowest BCUT2D eigenvalue weighted by Gasteiger charge is -2.11. The van der Waals surface area contributed by atoms with E-state index in [0.29, 0.717) is 48.3 Å². The minimum absolute atomic E-state index is 0.0666. The number of ether oxygens (including phenoxy) is 1. The molecule has 5 rings (SSSR count). The van der Waals surface area contributed by atoms with E-state index in [2.05, 4.69) is 30.9 Å². The SMILES string of the molecule is CC(C)O.CCOCc1cnc(Cl)nc1Nc1cnc2c(ccc3sc4c(c32)NCCNC4=O)n1. The monoisotopic (exact) mass is 515 g/mol. The van der Waals surface area contributed by atoms with Gasteiger partial charge < -0.3 is 25.8 Å². The van der Waals surface area contributed by atoms with Crippen LogP contribution < -0.4 is 16.0 Å². The number of aromatic nitrogens is 4. The summed E-state index contributed by atoms with van der Waals surface area (Å²) >= 11 is 7.43. The Bertz CT molecular complexity index is 1360. The number of anilines is 3. The van der Waals surface area contributed by atoms with E-state index < -0.39 is 0 Å². The van der Waals surface area contributed by atoms with Gasteiger partial charge >= 0.3 is 0 Å². The number of aliphatic hydroxyl groups is 1. The quantitative estimate of drug-likeness (QED) is 0.289. The van der Waals surface area contributed by atoms with E-state index in [1.807, 2.05) is 19.1 Å². The van der Waals surface area contributed by atoms with Crippen molar-refractivity contribution in [2.45, 2.75) is 33.5 Å². The van der Waals surface area contributed by atoms with Gasteiger partial charge in [0.05, 0.1) is 29.5 Å². The molecule has 0 saturated heterocycles. The van der Waals surface area contributed by atoms with Crippen molar-refractivity contribution in [1.29, 1.82) is 0 Å². The lowest BCUT2D eigenvalue weighted by Crippen LogP contribution is -2.24.